The molecule has 0 saturated carbocycles. The number of rotatable bonds is 4. The molecular weight excluding hydrogens is 276 g/mol. The summed E-state index contributed by atoms with van der Waals surface area (Å²) in [4.78, 5) is 2.38. The Labute approximate surface area is 119 Å². The van der Waals surface area contributed by atoms with Crippen LogP contribution in [0, 0.1) is 0 Å². The first-order chi connectivity index (χ1) is 9.36. The van der Waals surface area contributed by atoms with E-state index in [4.69, 9.17) is 4.74 Å². The molecule has 2 heterocycles. The van der Waals surface area contributed by atoms with E-state index in [9.17, 15) is 0 Å². The van der Waals surface area contributed by atoms with Gasteiger partial charge in [0.25, 0.3) is 0 Å². The quantitative estimate of drug-likeness (QED) is 0.731. The average molecular weight is 288 g/mol. The van der Waals surface area contributed by atoms with Crippen LogP contribution in [-0.2, 0) is 6.42 Å². The summed E-state index contributed by atoms with van der Waals surface area (Å²) in [5, 5.41) is 6.30. The number of nitrogens with zero attached hydrogens (tertiary/aromatic N) is 2. The van der Waals surface area contributed by atoms with Crippen molar-refractivity contribution in [3.63, 3.8) is 0 Å². The summed E-state index contributed by atoms with van der Waals surface area (Å²) in [7, 11) is 1.68. The summed E-state index contributed by atoms with van der Waals surface area (Å²) < 4.78 is 9.25. The molecule has 3 rings (SSSR count). The van der Waals surface area contributed by atoms with Crippen molar-refractivity contribution in [1.29, 1.82) is 0 Å². The smallest absolute Gasteiger partial charge is 0.119 e. The van der Waals surface area contributed by atoms with Gasteiger partial charge in [-0.2, -0.15) is 0 Å². The molecule has 0 unspecified atom stereocenters. The lowest BCUT2D eigenvalue weighted by Gasteiger charge is -2.02. The average Bonchev–Trinajstić information content (AvgIpc) is 3.10. The maximum absolute atomic E-state index is 5.17. The van der Waals surface area contributed by atoms with Gasteiger partial charge in [0, 0.05) is 6.42 Å². The molecule has 0 saturated heterocycles. The van der Waals surface area contributed by atoms with Crippen LogP contribution < -0.4 is 4.74 Å². The van der Waals surface area contributed by atoms with E-state index in [2.05, 4.69) is 33.2 Å². The third kappa shape index (κ3) is 2.67. The fraction of sp³-hybridized carbons (Fsp3) is 0.143. The van der Waals surface area contributed by atoms with Gasteiger partial charge in [-0.05, 0) is 40.7 Å². The van der Waals surface area contributed by atoms with Crippen LogP contribution in [0.25, 0.3) is 10.6 Å². The van der Waals surface area contributed by atoms with Gasteiger partial charge in [-0.25, -0.2) is 0 Å². The fourth-order valence-electron chi connectivity index (χ4n) is 1.85. The summed E-state index contributed by atoms with van der Waals surface area (Å²) in [6, 6.07) is 12.2. The number of ether oxygens (including phenoxy) is 1. The zero-order valence-electron chi connectivity index (χ0n) is 10.4. The molecular formula is C14H12N2OS2. The second kappa shape index (κ2) is 5.50. The Balaban J connectivity index is 1.85. The molecule has 0 spiro atoms. The molecule has 3 aromatic rings. The molecule has 96 valence electrons. The number of hydrogen-bond acceptors (Lipinski definition) is 5. The van der Waals surface area contributed by atoms with Gasteiger partial charge < -0.3 is 4.74 Å². The Bertz CT molecular complexity index is 644. The van der Waals surface area contributed by atoms with E-state index in [1.807, 2.05) is 18.2 Å². The Morgan fingerprint density at radius 2 is 2.00 bits per heavy atom. The lowest BCUT2D eigenvalue weighted by molar-refractivity contribution is 0.414. The summed E-state index contributed by atoms with van der Waals surface area (Å²) in [6.45, 7) is 0. The Morgan fingerprint density at radius 3 is 2.68 bits per heavy atom. The van der Waals surface area contributed by atoms with Gasteiger partial charge in [-0.15, -0.1) is 16.4 Å². The predicted octanol–water partition coefficient (Wildman–Crippen LogP) is 3.87. The summed E-state index contributed by atoms with van der Waals surface area (Å²) in [5.41, 5.74) is 2.25. The summed E-state index contributed by atoms with van der Waals surface area (Å²) in [6.07, 6.45) is 0.856. The van der Waals surface area contributed by atoms with E-state index < -0.39 is 0 Å². The second-order valence-electron chi connectivity index (χ2n) is 4.05. The molecule has 2 aromatic heterocycles. The highest BCUT2D eigenvalue weighted by molar-refractivity contribution is 7.14. The van der Waals surface area contributed by atoms with E-state index >= 15 is 0 Å². The number of methoxy groups -OCH3 is 1. The number of hydrogen-bond donors (Lipinski definition) is 0. The van der Waals surface area contributed by atoms with E-state index in [-0.39, 0.29) is 0 Å². The molecule has 0 radical (unpaired) electrons. The highest BCUT2D eigenvalue weighted by Gasteiger charge is 2.11. The Morgan fingerprint density at radius 1 is 1.16 bits per heavy atom. The number of thiophene rings is 1. The van der Waals surface area contributed by atoms with Gasteiger partial charge in [0.2, 0.25) is 0 Å². The van der Waals surface area contributed by atoms with E-state index in [1.165, 1.54) is 26.9 Å². The topological polar surface area (TPSA) is 35.0 Å². The third-order valence-corrected chi connectivity index (χ3v) is 4.43. The predicted molar refractivity (Wildman–Crippen MR) is 79.0 cm³/mol. The summed E-state index contributed by atoms with van der Waals surface area (Å²) in [5.74, 6) is 0.879. The van der Waals surface area contributed by atoms with Crippen LogP contribution in [0.1, 0.15) is 10.4 Å². The van der Waals surface area contributed by atoms with Crippen LogP contribution in [0.2, 0.25) is 0 Å². The molecule has 5 heteroatoms. The van der Waals surface area contributed by atoms with E-state index in [0.717, 1.165) is 17.9 Å². The standard InChI is InChI=1S/C14H12N2OS2/c1-17-11-6-4-10(5-7-11)9-13-14(15-16-19-13)12-3-2-8-18-12/h2-8H,9H2,1H3. The molecule has 0 bridgehead atoms. The van der Waals surface area contributed by atoms with Crippen molar-refractivity contribution in [2.24, 2.45) is 0 Å². The van der Waals surface area contributed by atoms with Crippen molar-refractivity contribution in [3.05, 3.63) is 52.2 Å². The fourth-order valence-corrected chi connectivity index (χ4v) is 3.34. The van der Waals surface area contributed by atoms with Crippen LogP contribution in [0.3, 0.4) is 0 Å². The third-order valence-electron chi connectivity index (χ3n) is 2.83. The van der Waals surface area contributed by atoms with Crippen molar-refractivity contribution in [3.8, 4) is 16.3 Å². The van der Waals surface area contributed by atoms with Crippen LogP contribution in [-0.4, -0.2) is 16.7 Å². The number of benzene rings is 1. The van der Waals surface area contributed by atoms with Gasteiger partial charge in [0.15, 0.2) is 0 Å². The lowest BCUT2D eigenvalue weighted by Crippen LogP contribution is -1.89. The maximum atomic E-state index is 5.17. The first-order valence-corrected chi connectivity index (χ1v) is 7.50. The van der Waals surface area contributed by atoms with Gasteiger partial charge >= 0.3 is 0 Å². The highest BCUT2D eigenvalue weighted by atomic mass is 32.1. The molecule has 0 N–H and O–H groups in total. The first kappa shape index (κ1) is 12.3. The molecule has 0 atom stereocenters. The zero-order chi connectivity index (χ0) is 13.1. The van der Waals surface area contributed by atoms with Gasteiger partial charge in [0.1, 0.15) is 11.4 Å². The SMILES string of the molecule is COc1ccc(Cc2snnc2-c2cccs2)cc1. The minimum absolute atomic E-state index is 0.856. The molecule has 0 aliphatic heterocycles. The van der Waals surface area contributed by atoms with Crippen molar-refractivity contribution in [2.45, 2.75) is 6.42 Å². The molecule has 0 aliphatic carbocycles. The largest absolute Gasteiger partial charge is 0.497 e. The van der Waals surface area contributed by atoms with Gasteiger partial charge in [-0.1, -0.05) is 22.7 Å². The molecule has 1 aromatic carbocycles. The molecule has 3 nitrogen and oxygen atoms in total. The lowest BCUT2D eigenvalue weighted by atomic mass is 10.1. The van der Waals surface area contributed by atoms with Crippen LogP contribution in [0.5, 0.6) is 5.75 Å². The monoisotopic (exact) mass is 288 g/mol. The first-order valence-electron chi connectivity index (χ1n) is 5.85. The van der Waals surface area contributed by atoms with Crippen LogP contribution in [0.4, 0.5) is 0 Å². The Hall–Kier alpha value is -1.72. The maximum Gasteiger partial charge on any atom is 0.119 e. The molecule has 0 amide bonds. The zero-order valence-corrected chi connectivity index (χ0v) is 12.0. The minimum Gasteiger partial charge on any atom is -0.497 e. The van der Waals surface area contributed by atoms with Gasteiger partial charge in [-0.3, -0.25) is 0 Å². The molecule has 0 fully saturated rings. The van der Waals surface area contributed by atoms with Crippen molar-refractivity contribution < 1.29 is 4.74 Å². The highest BCUT2D eigenvalue weighted by Crippen LogP contribution is 2.29. The molecule has 0 aliphatic rings. The Kier molecular flexibility index (Phi) is 3.57. The van der Waals surface area contributed by atoms with Gasteiger partial charge in [0.05, 0.1) is 16.9 Å². The van der Waals surface area contributed by atoms with Crippen molar-refractivity contribution in [1.82, 2.24) is 9.59 Å². The van der Waals surface area contributed by atoms with Crippen LogP contribution in [0.15, 0.2) is 41.8 Å². The van der Waals surface area contributed by atoms with Crippen molar-refractivity contribution in [2.75, 3.05) is 7.11 Å². The molecule has 19 heavy (non-hydrogen) atoms. The normalized spacial score (nSPS) is 10.6. The minimum atomic E-state index is 0.856. The second-order valence-corrected chi connectivity index (χ2v) is 5.83. The van der Waals surface area contributed by atoms with Crippen LogP contribution >= 0.6 is 22.9 Å². The van der Waals surface area contributed by atoms with E-state index in [0.29, 0.717) is 0 Å². The number of aromatic nitrogens is 2. The summed E-state index contributed by atoms with van der Waals surface area (Å²) >= 11 is 3.16. The van der Waals surface area contributed by atoms with E-state index in [1.54, 1.807) is 18.4 Å². The van der Waals surface area contributed by atoms with Crippen molar-refractivity contribution >= 4 is 22.9 Å².